The number of hydrogen-bond donors (Lipinski definition) is 2. The molecule has 4 heteroatoms. The van der Waals surface area contributed by atoms with Crippen LogP contribution in [-0.4, -0.2) is 18.0 Å². The number of carbonyl (C=O) groups excluding carboxylic acids is 1. The van der Waals surface area contributed by atoms with Crippen molar-refractivity contribution in [2.75, 3.05) is 0 Å². The zero-order valence-corrected chi connectivity index (χ0v) is 9.00. The van der Waals surface area contributed by atoms with Crippen molar-refractivity contribution < 1.29 is 4.79 Å². The predicted molar refractivity (Wildman–Crippen MR) is 59.9 cm³/mol. The second-order valence-corrected chi connectivity index (χ2v) is 4.35. The third-order valence-corrected chi connectivity index (χ3v) is 2.87. The normalized spacial score (nSPS) is 24.4. The van der Waals surface area contributed by atoms with Crippen LogP contribution < -0.4 is 11.1 Å². The second-order valence-electron chi connectivity index (χ2n) is 3.91. The lowest BCUT2D eigenvalue weighted by Gasteiger charge is -2.32. The van der Waals surface area contributed by atoms with E-state index in [0.29, 0.717) is 10.6 Å². The van der Waals surface area contributed by atoms with E-state index in [2.05, 4.69) is 5.32 Å². The quantitative estimate of drug-likeness (QED) is 0.801. The van der Waals surface area contributed by atoms with E-state index in [0.717, 1.165) is 12.8 Å². The lowest BCUT2D eigenvalue weighted by atomic mass is 9.87. The Labute approximate surface area is 93.6 Å². The van der Waals surface area contributed by atoms with E-state index < -0.39 is 0 Å². The van der Waals surface area contributed by atoms with Gasteiger partial charge in [-0.2, -0.15) is 0 Å². The first-order valence-electron chi connectivity index (χ1n) is 4.97. The van der Waals surface area contributed by atoms with Crippen molar-refractivity contribution in [3.63, 3.8) is 0 Å². The Balaban J connectivity index is 1.93. The molecule has 0 atom stereocenters. The molecular formula is C11H13ClN2O. The number of nitrogens with two attached hydrogens (primary N) is 1. The summed E-state index contributed by atoms with van der Waals surface area (Å²) in [5.74, 6) is -0.0523. The molecule has 0 unspecified atom stereocenters. The van der Waals surface area contributed by atoms with Crippen molar-refractivity contribution in [3.8, 4) is 0 Å². The third-order valence-electron chi connectivity index (χ3n) is 2.62. The molecule has 1 aromatic carbocycles. The fraction of sp³-hybridized carbons (Fsp3) is 0.364. The first-order chi connectivity index (χ1) is 7.15. The molecule has 3 N–H and O–H groups in total. The van der Waals surface area contributed by atoms with Crippen LogP contribution in [0, 0.1) is 0 Å². The Morgan fingerprint density at radius 1 is 1.33 bits per heavy atom. The van der Waals surface area contributed by atoms with Gasteiger partial charge in [0.25, 0.3) is 5.91 Å². The molecule has 0 heterocycles. The van der Waals surface area contributed by atoms with Crippen LogP contribution in [0.5, 0.6) is 0 Å². The largest absolute Gasteiger partial charge is 0.349 e. The van der Waals surface area contributed by atoms with E-state index in [9.17, 15) is 4.79 Å². The summed E-state index contributed by atoms with van der Waals surface area (Å²) in [5, 5.41) is 3.56. The first-order valence-corrected chi connectivity index (χ1v) is 5.35. The summed E-state index contributed by atoms with van der Waals surface area (Å²) in [6.07, 6.45) is 1.75. The minimum atomic E-state index is -0.0523. The first kappa shape index (κ1) is 10.5. The van der Waals surface area contributed by atoms with Gasteiger partial charge in [-0.25, -0.2) is 0 Å². The van der Waals surface area contributed by atoms with Crippen LogP contribution in [0.4, 0.5) is 0 Å². The summed E-state index contributed by atoms with van der Waals surface area (Å²) < 4.78 is 0. The highest BCUT2D eigenvalue weighted by atomic mass is 35.5. The molecule has 2 rings (SSSR count). The van der Waals surface area contributed by atoms with E-state index >= 15 is 0 Å². The number of benzene rings is 1. The molecule has 1 saturated carbocycles. The molecule has 1 aliphatic rings. The maximum Gasteiger partial charge on any atom is 0.251 e. The summed E-state index contributed by atoms with van der Waals surface area (Å²) >= 11 is 5.73. The highest BCUT2D eigenvalue weighted by molar-refractivity contribution is 6.30. The number of rotatable bonds is 2. The molecular weight excluding hydrogens is 212 g/mol. The van der Waals surface area contributed by atoms with Crippen molar-refractivity contribution in [1.29, 1.82) is 0 Å². The van der Waals surface area contributed by atoms with Gasteiger partial charge in [-0.1, -0.05) is 11.6 Å². The molecule has 1 aliphatic carbocycles. The van der Waals surface area contributed by atoms with Crippen molar-refractivity contribution in [3.05, 3.63) is 34.9 Å². The van der Waals surface area contributed by atoms with Crippen molar-refractivity contribution >= 4 is 17.5 Å². The van der Waals surface area contributed by atoms with Crippen LogP contribution in [0.15, 0.2) is 24.3 Å². The maximum absolute atomic E-state index is 11.7. The van der Waals surface area contributed by atoms with E-state index in [4.69, 9.17) is 17.3 Å². The Morgan fingerprint density at radius 2 is 1.93 bits per heavy atom. The summed E-state index contributed by atoms with van der Waals surface area (Å²) in [7, 11) is 0. The molecule has 0 bridgehead atoms. The number of halogens is 1. The topological polar surface area (TPSA) is 55.1 Å². The standard InChI is InChI=1S/C11H13ClN2O/c12-8-3-1-7(2-4-8)11(15)14-10-5-9(13)6-10/h1-4,9-10H,5-6,13H2,(H,14,15). The van der Waals surface area contributed by atoms with Crippen molar-refractivity contribution in [1.82, 2.24) is 5.32 Å². The number of amides is 1. The summed E-state index contributed by atoms with van der Waals surface area (Å²) in [6, 6.07) is 7.35. The molecule has 1 fully saturated rings. The Hall–Kier alpha value is -1.06. The van der Waals surface area contributed by atoms with Crippen LogP contribution in [0.3, 0.4) is 0 Å². The molecule has 0 radical (unpaired) electrons. The van der Waals surface area contributed by atoms with Gasteiger partial charge < -0.3 is 11.1 Å². The minimum absolute atomic E-state index is 0.0523. The maximum atomic E-state index is 11.7. The molecule has 0 aromatic heterocycles. The third kappa shape index (κ3) is 2.49. The Bertz CT molecular complexity index is 357. The van der Waals surface area contributed by atoms with Gasteiger partial charge in [0.15, 0.2) is 0 Å². The van der Waals surface area contributed by atoms with Crippen LogP contribution in [0.1, 0.15) is 23.2 Å². The highest BCUT2D eigenvalue weighted by Crippen LogP contribution is 2.18. The summed E-state index contributed by atoms with van der Waals surface area (Å²) in [4.78, 5) is 11.7. The highest BCUT2D eigenvalue weighted by Gasteiger charge is 2.27. The van der Waals surface area contributed by atoms with Crippen LogP contribution in [0.25, 0.3) is 0 Å². The average Bonchev–Trinajstić information content (AvgIpc) is 2.16. The van der Waals surface area contributed by atoms with Gasteiger partial charge in [-0.15, -0.1) is 0 Å². The van der Waals surface area contributed by atoms with Crippen LogP contribution in [0.2, 0.25) is 5.02 Å². The molecule has 80 valence electrons. The molecule has 0 aliphatic heterocycles. The molecule has 3 nitrogen and oxygen atoms in total. The zero-order valence-electron chi connectivity index (χ0n) is 8.24. The van der Waals surface area contributed by atoms with Gasteiger partial charge in [0, 0.05) is 22.7 Å². The van der Waals surface area contributed by atoms with E-state index in [1.807, 2.05) is 0 Å². The second kappa shape index (κ2) is 4.21. The number of carbonyl (C=O) groups is 1. The lowest BCUT2D eigenvalue weighted by molar-refractivity contribution is 0.0910. The monoisotopic (exact) mass is 224 g/mol. The fourth-order valence-corrected chi connectivity index (χ4v) is 1.78. The fourth-order valence-electron chi connectivity index (χ4n) is 1.65. The number of nitrogens with one attached hydrogen (secondary N) is 1. The minimum Gasteiger partial charge on any atom is -0.349 e. The van der Waals surface area contributed by atoms with Crippen molar-refractivity contribution in [2.45, 2.75) is 24.9 Å². The van der Waals surface area contributed by atoms with Crippen LogP contribution >= 0.6 is 11.6 Å². The van der Waals surface area contributed by atoms with E-state index in [-0.39, 0.29) is 18.0 Å². The van der Waals surface area contributed by atoms with Gasteiger partial charge in [0.05, 0.1) is 0 Å². The Morgan fingerprint density at radius 3 is 2.47 bits per heavy atom. The zero-order chi connectivity index (χ0) is 10.8. The van der Waals surface area contributed by atoms with E-state index in [1.165, 1.54) is 0 Å². The number of hydrogen-bond acceptors (Lipinski definition) is 2. The Kier molecular flexibility index (Phi) is 2.93. The lowest BCUT2D eigenvalue weighted by Crippen LogP contribution is -2.50. The van der Waals surface area contributed by atoms with Gasteiger partial charge in [0.2, 0.25) is 0 Å². The summed E-state index contributed by atoms with van der Waals surface area (Å²) in [6.45, 7) is 0. The van der Waals surface area contributed by atoms with Gasteiger partial charge in [-0.3, -0.25) is 4.79 Å². The molecule has 0 saturated heterocycles. The molecule has 0 spiro atoms. The van der Waals surface area contributed by atoms with Crippen molar-refractivity contribution in [2.24, 2.45) is 5.73 Å². The SMILES string of the molecule is NC1CC(NC(=O)c2ccc(Cl)cc2)C1. The van der Waals surface area contributed by atoms with E-state index in [1.54, 1.807) is 24.3 Å². The summed E-state index contributed by atoms with van der Waals surface area (Å²) in [5.41, 5.74) is 6.27. The predicted octanol–water partition coefficient (Wildman–Crippen LogP) is 1.56. The molecule has 1 aromatic rings. The smallest absolute Gasteiger partial charge is 0.251 e. The average molecular weight is 225 g/mol. The van der Waals surface area contributed by atoms with Gasteiger partial charge in [0.1, 0.15) is 0 Å². The van der Waals surface area contributed by atoms with Gasteiger partial charge in [-0.05, 0) is 37.1 Å². The van der Waals surface area contributed by atoms with Gasteiger partial charge >= 0.3 is 0 Å². The molecule has 15 heavy (non-hydrogen) atoms. The molecule has 1 amide bonds. The van der Waals surface area contributed by atoms with Crippen LogP contribution in [-0.2, 0) is 0 Å².